The SMILES string of the molecule is CNc1cc(Sc2cccs2)nc(C)n1. The number of nitrogens with zero attached hydrogens (tertiary/aromatic N) is 2. The van der Waals surface area contributed by atoms with Crippen molar-refractivity contribution in [2.75, 3.05) is 12.4 Å². The predicted octanol–water partition coefficient (Wildman–Crippen LogP) is 3.04. The number of nitrogens with one attached hydrogen (secondary N) is 1. The lowest BCUT2D eigenvalue weighted by molar-refractivity contribution is 0.970. The van der Waals surface area contributed by atoms with E-state index in [4.69, 9.17) is 0 Å². The average Bonchev–Trinajstić information content (AvgIpc) is 2.69. The Morgan fingerprint density at radius 3 is 2.93 bits per heavy atom. The maximum atomic E-state index is 4.38. The fourth-order valence-corrected chi connectivity index (χ4v) is 2.91. The summed E-state index contributed by atoms with van der Waals surface area (Å²) in [6, 6.07) is 6.09. The molecule has 0 unspecified atom stereocenters. The molecule has 2 aromatic rings. The molecule has 78 valence electrons. The monoisotopic (exact) mass is 237 g/mol. The van der Waals surface area contributed by atoms with Crippen molar-refractivity contribution in [2.45, 2.75) is 16.2 Å². The number of thiophene rings is 1. The van der Waals surface area contributed by atoms with Gasteiger partial charge in [-0.05, 0) is 18.4 Å². The van der Waals surface area contributed by atoms with E-state index in [9.17, 15) is 0 Å². The molecule has 0 aliphatic heterocycles. The van der Waals surface area contributed by atoms with E-state index < -0.39 is 0 Å². The van der Waals surface area contributed by atoms with Gasteiger partial charge in [-0.15, -0.1) is 11.3 Å². The summed E-state index contributed by atoms with van der Waals surface area (Å²) in [6.45, 7) is 1.90. The van der Waals surface area contributed by atoms with Crippen LogP contribution < -0.4 is 5.32 Å². The Bertz CT molecular complexity index is 440. The molecule has 1 N–H and O–H groups in total. The van der Waals surface area contributed by atoms with E-state index in [1.807, 2.05) is 26.1 Å². The Balaban J connectivity index is 2.24. The molecule has 0 atom stereocenters. The summed E-state index contributed by atoms with van der Waals surface area (Å²) >= 11 is 3.38. The second-order valence-corrected chi connectivity index (χ2v) is 5.19. The predicted molar refractivity (Wildman–Crippen MR) is 64.8 cm³/mol. The van der Waals surface area contributed by atoms with E-state index in [-0.39, 0.29) is 0 Å². The Morgan fingerprint density at radius 1 is 1.40 bits per heavy atom. The number of rotatable bonds is 3. The molecule has 0 radical (unpaired) electrons. The standard InChI is InChI=1S/C10H11N3S2/c1-7-12-8(11-2)6-9(13-7)15-10-4-3-5-14-10/h3-6H,1-2H3,(H,11,12,13). The Labute approximate surface area is 97.0 Å². The molecule has 2 heterocycles. The number of aromatic nitrogens is 2. The van der Waals surface area contributed by atoms with Crippen LogP contribution in [-0.2, 0) is 0 Å². The topological polar surface area (TPSA) is 37.8 Å². The molecular formula is C10H11N3S2. The summed E-state index contributed by atoms with van der Waals surface area (Å²) in [5, 5.41) is 6.07. The zero-order chi connectivity index (χ0) is 10.7. The smallest absolute Gasteiger partial charge is 0.130 e. The largest absolute Gasteiger partial charge is 0.373 e. The van der Waals surface area contributed by atoms with E-state index >= 15 is 0 Å². The molecule has 0 saturated carbocycles. The molecule has 0 saturated heterocycles. The van der Waals surface area contributed by atoms with Crippen molar-refractivity contribution in [3.63, 3.8) is 0 Å². The highest BCUT2D eigenvalue weighted by Crippen LogP contribution is 2.30. The first-order valence-electron chi connectivity index (χ1n) is 4.53. The second kappa shape index (κ2) is 4.63. The van der Waals surface area contributed by atoms with Crippen LogP contribution in [0.1, 0.15) is 5.82 Å². The molecule has 15 heavy (non-hydrogen) atoms. The molecule has 0 spiro atoms. The van der Waals surface area contributed by atoms with Gasteiger partial charge >= 0.3 is 0 Å². The van der Waals surface area contributed by atoms with Gasteiger partial charge in [0, 0.05) is 13.1 Å². The summed E-state index contributed by atoms with van der Waals surface area (Å²) < 4.78 is 1.25. The minimum absolute atomic E-state index is 0.793. The number of aryl methyl sites for hydroxylation is 1. The van der Waals surface area contributed by atoms with Crippen LogP contribution in [0.3, 0.4) is 0 Å². The molecule has 0 fully saturated rings. The van der Waals surface area contributed by atoms with E-state index in [1.54, 1.807) is 23.1 Å². The minimum atomic E-state index is 0.793. The van der Waals surface area contributed by atoms with Crippen molar-refractivity contribution in [2.24, 2.45) is 0 Å². The van der Waals surface area contributed by atoms with Crippen molar-refractivity contribution >= 4 is 28.9 Å². The van der Waals surface area contributed by atoms with Crippen molar-refractivity contribution in [3.05, 3.63) is 29.4 Å². The third-order valence-electron chi connectivity index (χ3n) is 1.77. The zero-order valence-electron chi connectivity index (χ0n) is 8.52. The Morgan fingerprint density at radius 2 is 2.27 bits per heavy atom. The Hall–Kier alpha value is -1.07. The molecular weight excluding hydrogens is 226 g/mol. The van der Waals surface area contributed by atoms with Gasteiger partial charge in [0.15, 0.2) is 0 Å². The van der Waals surface area contributed by atoms with Gasteiger partial charge in [-0.2, -0.15) is 0 Å². The van der Waals surface area contributed by atoms with Gasteiger partial charge in [0.05, 0.1) is 4.21 Å². The molecule has 5 heteroatoms. The normalized spacial score (nSPS) is 10.3. The number of hydrogen-bond acceptors (Lipinski definition) is 5. The van der Waals surface area contributed by atoms with Gasteiger partial charge in [0.25, 0.3) is 0 Å². The van der Waals surface area contributed by atoms with Crippen LogP contribution in [-0.4, -0.2) is 17.0 Å². The molecule has 0 aliphatic rings. The maximum absolute atomic E-state index is 4.38. The van der Waals surface area contributed by atoms with Crippen molar-refractivity contribution in [1.82, 2.24) is 9.97 Å². The number of hydrogen-bond donors (Lipinski definition) is 1. The van der Waals surface area contributed by atoms with Gasteiger partial charge in [-0.25, -0.2) is 9.97 Å². The van der Waals surface area contributed by atoms with E-state index in [0.29, 0.717) is 0 Å². The molecule has 3 nitrogen and oxygen atoms in total. The third kappa shape index (κ3) is 2.70. The van der Waals surface area contributed by atoms with E-state index in [2.05, 4.69) is 26.7 Å². The molecule has 2 rings (SSSR count). The van der Waals surface area contributed by atoms with Crippen molar-refractivity contribution in [1.29, 1.82) is 0 Å². The second-order valence-electron chi connectivity index (χ2n) is 2.92. The highest BCUT2D eigenvalue weighted by Gasteiger charge is 2.03. The lowest BCUT2D eigenvalue weighted by Crippen LogP contribution is -1.97. The molecule has 2 aromatic heterocycles. The van der Waals surface area contributed by atoms with E-state index in [0.717, 1.165) is 16.7 Å². The van der Waals surface area contributed by atoms with Crippen LogP contribution in [0.5, 0.6) is 0 Å². The first kappa shape index (κ1) is 10.4. The average molecular weight is 237 g/mol. The minimum Gasteiger partial charge on any atom is -0.373 e. The fourth-order valence-electron chi connectivity index (χ4n) is 1.15. The summed E-state index contributed by atoms with van der Waals surface area (Å²) in [4.78, 5) is 8.62. The maximum Gasteiger partial charge on any atom is 0.130 e. The van der Waals surface area contributed by atoms with Gasteiger partial charge in [0.1, 0.15) is 16.7 Å². The van der Waals surface area contributed by atoms with Gasteiger partial charge < -0.3 is 5.32 Å². The molecule has 0 amide bonds. The van der Waals surface area contributed by atoms with Crippen LogP contribution in [0.4, 0.5) is 5.82 Å². The van der Waals surface area contributed by atoms with E-state index in [1.165, 1.54) is 4.21 Å². The third-order valence-corrected chi connectivity index (χ3v) is 3.73. The highest BCUT2D eigenvalue weighted by atomic mass is 32.2. The zero-order valence-corrected chi connectivity index (χ0v) is 10.2. The van der Waals surface area contributed by atoms with Crippen LogP contribution in [0, 0.1) is 6.92 Å². The first-order chi connectivity index (χ1) is 7.28. The van der Waals surface area contributed by atoms with Crippen LogP contribution in [0.2, 0.25) is 0 Å². The Kier molecular flexibility index (Phi) is 3.23. The molecule has 0 aromatic carbocycles. The van der Waals surface area contributed by atoms with Crippen LogP contribution in [0.25, 0.3) is 0 Å². The highest BCUT2D eigenvalue weighted by molar-refractivity contribution is 8.01. The lowest BCUT2D eigenvalue weighted by Gasteiger charge is -2.03. The molecule has 0 bridgehead atoms. The van der Waals surface area contributed by atoms with Gasteiger partial charge in [-0.1, -0.05) is 17.8 Å². The fraction of sp³-hybridized carbons (Fsp3) is 0.200. The van der Waals surface area contributed by atoms with Crippen LogP contribution in [0.15, 0.2) is 32.8 Å². The van der Waals surface area contributed by atoms with Crippen LogP contribution >= 0.6 is 23.1 Å². The summed E-state index contributed by atoms with van der Waals surface area (Å²) in [5.41, 5.74) is 0. The van der Waals surface area contributed by atoms with Gasteiger partial charge in [-0.3, -0.25) is 0 Å². The lowest BCUT2D eigenvalue weighted by atomic mass is 10.5. The van der Waals surface area contributed by atoms with Crippen molar-refractivity contribution in [3.8, 4) is 0 Å². The first-order valence-corrected chi connectivity index (χ1v) is 6.22. The summed E-state index contributed by atoms with van der Waals surface area (Å²) in [5.74, 6) is 1.66. The summed E-state index contributed by atoms with van der Waals surface area (Å²) in [7, 11) is 1.86. The van der Waals surface area contributed by atoms with Crippen molar-refractivity contribution < 1.29 is 0 Å². The number of anilines is 1. The summed E-state index contributed by atoms with van der Waals surface area (Å²) in [6.07, 6.45) is 0. The quantitative estimate of drug-likeness (QED) is 0.833. The molecule has 0 aliphatic carbocycles. The van der Waals surface area contributed by atoms with Gasteiger partial charge in [0.2, 0.25) is 0 Å².